The highest BCUT2D eigenvalue weighted by Crippen LogP contribution is 2.17. The maximum absolute atomic E-state index is 11.6. The Labute approximate surface area is 134 Å². The summed E-state index contributed by atoms with van der Waals surface area (Å²) < 4.78 is 5.12. The Morgan fingerprint density at radius 3 is 2.13 bits per heavy atom. The fourth-order valence-corrected chi connectivity index (χ4v) is 1.89. The van der Waals surface area contributed by atoms with Crippen LogP contribution in [0.4, 0.5) is 10.5 Å². The average molecular weight is 323 g/mol. The van der Waals surface area contributed by atoms with Crippen molar-refractivity contribution < 1.29 is 29.3 Å². The Bertz CT molecular complexity index is 573. The number of hydrogen-bond donors (Lipinski definition) is 3. The molecule has 0 fully saturated rings. The number of ether oxygens (including phenoxy) is 1. The first kappa shape index (κ1) is 18.5. The van der Waals surface area contributed by atoms with Gasteiger partial charge in [-0.15, -0.1) is 0 Å². The lowest BCUT2D eigenvalue weighted by molar-refractivity contribution is -0.148. The molecule has 7 heteroatoms. The van der Waals surface area contributed by atoms with Crippen LogP contribution in [0.1, 0.15) is 32.8 Å². The molecule has 0 radical (unpaired) electrons. The van der Waals surface area contributed by atoms with Crippen LogP contribution in [-0.4, -0.2) is 33.8 Å². The summed E-state index contributed by atoms with van der Waals surface area (Å²) in [6.45, 7) is 5.26. The monoisotopic (exact) mass is 323 g/mol. The molecule has 1 aromatic carbocycles. The molecule has 1 rings (SSSR count). The standard InChI is InChI=1S/C16H21NO6/c1-16(2,3)23-15(22)17-12-6-4-10(5-7-12)8-11(14(20)21)9-13(18)19/h4-7,11H,8-9H2,1-3H3,(H,17,22)(H,18,19)(H,20,21). The maximum atomic E-state index is 11.6. The second-order valence-electron chi connectivity index (χ2n) is 6.16. The first-order valence-corrected chi connectivity index (χ1v) is 7.10. The molecule has 0 saturated carbocycles. The van der Waals surface area contributed by atoms with E-state index in [0.717, 1.165) is 0 Å². The number of hydrogen-bond acceptors (Lipinski definition) is 4. The number of carbonyl (C=O) groups excluding carboxylic acids is 1. The topological polar surface area (TPSA) is 113 Å². The lowest BCUT2D eigenvalue weighted by Crippen LogP contribution is -2.27. The van der Waals surface area contributed by atoms with Crippen molar-refractivity contribution in [2.75, 3.05) is 5.32 Å². The molecule has 23 heavy (non-hydrogen) atoms. The van der Waals surface area contributed by atoms with Crippen LogP contribution >= 0.6 is 0 Å². The number of carboxylic acid groups (broad SMARTS) is 2. The van der Waals surface area contributed by atoms with Crippen LogP contribution in [-0.2, 0) is 20.7 Å². The van der Waals surface area contributed by atoms with Crippen molar-refractivity contribution in [2.24, 2.45) is 5.92 Å². The number of aliphatic carboxylic acids is 2. The van der Waals surface area contributed by atoms with Crippen LogP contribution < -0.4 is 5.32 Å². The van der Waals surface area contributed by atoms with Gasteiger partial charge in [-0.1, -0.05) is 12.1 Å². The summed E-state index contributed by atoms with van der Waals surface area (Å²) in [6, 6.07) is 6.51. The molecule has 0 aliphatic carbocycles. The number of carboxylic acids is 2. The zero-order chi connectivity index (χ0) is 17.6. The molecule has 1 unspecified atom stereocenters. The minimum Gasteiger partial charge on any atom is -0.481 e. The Morgan fingerprint density at radius 1 is 1.13 bits per heavy atom. The molecule has 3 N–H and O–H groups in total. The number of rotatable bonds is 6. The highest BCUT2D eigenvalue weighted by molar-refractivity contribution is 5.84. The summed E-state index contributed by atoms with van der Waals surface area (Å²) in [5.41, 5.74) is 0.580. The molecular weight excluding hydrogens is 302 g/mol. The molecule has 0 saturated heterocycles. The predicted octanol–water partition coefficient (Wildman–Crippen LogP) is 2.75. The number of anilines is 1. The second-order valence-corrected chi connectivity index (χ2v) is 6.16. The minimum absolute atomic E-state index is 0.106. The van der Waals surface area contributed by atoms with Gasteiger partial charge in [0.1, 0.15) is 5.60 Å². The highest BCUT2D eigenvalue weighted by Gasteiger charge is 2.21. The molecule has 126 valence electrons. The smallest absolute Gasteiger partial charge is 0.412 e. The van der Waals surface area contributed by atoms with Crippen molar-refractivity contribution in [3.63, 3.8) is 0 Å². The van der Waals surface area contributed by atoms with Crippen LogP contribution in [0.25, 0.3) is 0 Å². The summed E-state index contributed by atoms with van der Waals surface area (Å²) >= 11 is 0. The van der Waals surface area contributed by atoms with Crippen LogP contribution in [0.5, 0.6) is 0 Å². The molecule has 0 aliphatic heterocycles. The maximum Gasteiger partial charge on any atom is 0.412 e. The van der Waals surface area contributed by atoms with Crippen molar-refractivity contribution in [2.45, 2.75) is 39.2 Å². The second kappa shape index (κ2) is 7.62. The third kappa shape index (κ3) is 7.30. The van der Waals surface area contributed by atoms with Crippen molar-refractivity contribution >= 4 is 23.7 Å². The highest BCUT2D eigenvalue weighted by atomic mass is 16.6. The summed E-state index contributed by atoms with van der Waals surface area (Å²) in [5.74, 6) is -3.29. The molecule has 7 nitrogen and oxygen atoms in total. The Morgan fingerprint density at radius 2 is 1.70 bits per heavy atom. The van der Waals surface area contributed by atoms with Crippen LogP contribution in [0, 0.1) is 5.92 Å². The summed E-state index contributed by atoms with van der Waals surface area (Å²) in [5, 5.41) is 20.3. The fourth-order valence-electron chi connectivity index (χ4n) is 1.89. The van der Waals surface area contributed by atoms with E-state index in [-0.39, 0.29) is 6.42 Å². The molecule has 0 bridgehead atoms. The van der Waals surface area contributed by atoms with Crippen LogP contribution in [0.3, 0.4) is 0 Å². The van der Waals surface area contributed by atoms with Gasteiger partial charge in [0, 0.05) is 5.69 Å². The van der Waals surface area contributed by atoms with Gasteiger partial charge in [-0.25, -0.2) is 4.79 Å². The van der Waals surface area contributed by atoms with E-state index in [1.807, 2.05) is 0 Å². The van der Waals surface area contributed by atoms with E-state index in [4.69, 9.17) is 14.9 Å². The van der Waals surface area contributed by atoms with Gasteiger partial charge in [-0.3, -0.25) is 14.9 Å². The molecule has 0 aromatic heterocycles. The minimum atomic E-state index is -1.15. The van der Waals surface area contributed by atoms with E-state index in [2.05, 4.69) is 5.32 Å². The molecule has 1 aromatic rings. The third-order valence-corrected chi connectivity index (χ3v) is 2.85. The van der Waals surface area contributed by atoms with Gasteiger partial charge in [0.15, 0.2) is 0 Å². The molecule has 1 amide bonds. The van der Waals surface area contributed by atoms with Crippen molar-refractivity contribution in [1.29, 1.82) is 0 Å². The first-order valence-electron chi connectivity index (χ1n) is 7.10. The van der Waals surface area contributed by atoms with Crippen LogP contribution in [0.15, 0.2) is 24.3 Å². The van der Waals surface area contributed by atoms with Gasteiger partial charge in [0.25, 0.3) is 0 Å². The zero-order valence-corrected chi connectivity index (χ0v) is 13.3. The lowest BCUT2D eigenvalue weighted by Gasteiger charge is -2.19. The van der Waals surface area contributed by atoms with Gasteiger partial charge in [-0.2, -0.15) is 0 Å². The Kier molecular flexibility index (Phi) is 6.12. The van der Waals surface area contributed by atoms with Crippen LogP contribution in [0.2, 0.25) is 0 Å². The molecule has 1 atom stereocenters. The normalized spacial score (nSPS) is 12.3. The van der Waals surface area contributed by atoms with Gasteiger partial charge in [0.05, 0.1) is 12.3 Å². The first-order chi connectivity index (χ1) is 10.6. The summed E-state index contributed by atoms with van der Waals surface area (Å²) in [7, 11) is 0. The number of benzene rings is 1. The summed E-state index contributed by atoms with van der Waals surface area (Å²) in [4.78, 5) is 33.3. The molecule has 0 aliphatic rings. The Hall–Kier alpha value is -2.57. The molecular formula is C16H21NO6. The van der Waals surface area contributed by atoms with Crippen molar-refractivity contribution in [3.8, 4) is 0 Å². The number of carbonyl (C=O) groups is 3. The fraction of sp³-hybridized carbons (Fsp3) is 0.438. The van der Waals surface area contributed by atoms with E-state index in [9.17, 15) is 14.4 Å². The largest absolute Gasteiger partial charge is 0.481 e. The third-order valence-electron chi connectivity index (χ3n) is 2.85. The zero-order valence-electron chi connectivity index (χ0n) is 13.3. The van der Waals surface area contributed by atoms with E-state index in [1.54, 1.807) is 45.0 Å². The predicted molar refractivity (Wildman–Crippen MR) is 83.4 cm³/mol. The van der Waals surface area contributed by atoms with E-state index < -0.39 is 36.0 Å². The Balaban J connectivity index is 2.67. The summed E-state index contributed by atoms with van der Waals surface area (Å²) in [6.07, 6.45) is -0.916. The van der Waals surface area contributed by atoms with Gasteiger partial charge < -0.3 is 14.9 Å². The molecule has 0 spiro atoms. The molecule has 0 heterocycles. The van der Waals surface area contributed by atoms with Crippen molar-refractivity contribution in [3.05, 3.63) is 29.8 Å². The van der Waals surface area contributed by atoms with Gasteiger partial charge in [-0.05, 0) is 44.9 Å². The van der Waals surface area contributed by atoms with Gasteiger partial charge >= 0.3 is 18.0 Å². The number of nitrogens with one attached hydrogen (secondary N) is 1. The van der Waals surface area contributed by atoms with E-state index in [1.165, 1.54) is 0 Å². The average Bonchev–Trinajstić information content (AvgIpc) is 2.37. The quantitative estimate of drug-likeness (QED) is 0.742. The van der Waals surface area contributed by atoms with E-state index >= 15 is 0 Å². The van der Waals surface area contributed by atoms with Crippen molar-refractivity contribution in [1.82, 2.24) is 0 Å². The van der Waals surface area contributed by atoms with Gasteiger partial charge in [0.2, 0.25) is 0 Å². The van der Waals surface area contributed by atoms with E-state index in [0.29, 0.717) is 11.3 Å². The SMILES string of the molecule is CC(C)(C)OC(=O)Nc1ccc(CC(CC(=O)O)C(=O)O)cc1. The lowest BCUT2D eigenvalue weighted by atomic mass is 9.96. The number of amides is 1.